The maximum Gasteiger partial charge on any atom is 0.368 e. The molecule has 104 valence electrons. The van der Waals surface area contributed by atoms with Crippen LogP contribution in [0.4, 0.5) is 4.79 Å². The Bertz CT molecular complexity index is 309. The van der Waals surface area contributed by atoms with E-state index in [1.165, 1.54) is 0 Å². The second-order valence-electron chi connectivity index (χ2n) is 5.54. The van der Waals surface area contributed by atoms with Gasteiger partial charge in [0, 0.05) is 11.2 Å². The monoisotopic (exact) mass is 274 g/mol. The molecule has 0 aromatic carbocycles. The molecule has 2 N–H and O–H groups in total. The van der Waals surface area contributed by atoms with Gasteiger partial charge >= 0.3 is 5.30 Å². The summed E-state index contributed by atoms with van der Waals surface area (Å²) in [6.07, 6.45) is 3.16. The summed E-state index contributed by atoms with van der Waals surface area (Å²) in [7, 11) is 0. The summed E-state index contributed by atoms with van der Waals surface area (Å²) >= 11 is 1.13. The molecule has 1 rings (SSSR count). The Morgan fingerprint density at radius 3 is 2.56 bits per heavy atom. The van der Waals surface area contributed by atoms with Gasteiger partial charge < -0.3 is 14.9 Å². The number of hydrogen-bond acceptors (Lipinski definition) is 5. The summed E-state index contributed by atoms with van der Waals surface area (Å²) in [6, 6.07) is 0. The van der Waals surface area contributed by atoms with Crippen LogP contribution in [-0.2, 0) is 4.74 Å². The molecule has 0 heterocycles. The standard InChI is InChI=1S/C13H22O4S/c1-13(2,3)18-12(16)17-11-7-6-9(14)4-5-10(15)8-11/h6-7,9-11,14-15H,4-5,8H2,1-3H3/b7-6+. The van der Waals surface area contributed by atoms with Crippen LogP contribution in [-0.4, -0.2) is 38.6 Å². The van der Waals surface area contributed by atoms with E-state index in [-0.39, 0.29) is 10.0 Å². The molecule has 18 heavy (non-hydrogen) atoms. The van der Waals surface area contributed by atoms with Gasteiger partial charge in [0.2, 0.25) is 0 Å². The van der Waals surface area contributed by atoms with Gasteiger partial charge in [-0.05, 0) is 30.7 Å². The average Bonchev–Trinajstić information content (AvgIpc) is 2.18. The first-order chi connectivity index (χ1) is 8.26. The molecular formula is C13H22O4S. The molecule has 0 spiro atoms. The van der Waals surface area contributed by atoms with Crippen molar-refractivity contribution in [3.63, 3.8) is 0 Å². The third kappa shape index (κ3) is 6.42. The van der Waals surface area contributed by atoms with E-state index in [0.29, 0.717) is 19.3 Å². The molecule has 0 aromatic heterocycles. The van der Waals surface area contributed by atoms with Gasteiger partial charge in [0.25, 0.3) is 0 Å². The second-order valence-corrected chi connectivity index (χ2v) is 7.30. The third-order valence-electron chi connectivity index (χ3n) is 2.49. The summed E-state index contributed by atoms with van der Waals surface area (Å²) in [5.74, 6) is 0. The SMILES string of the molecule is CC(C)(C)SC(=O)OC1/C=C/C(O)CCC(O)C1. The van der Waals surface area contributed by atoms with Crippen molar-refractivity contribution in [1.82, 2.24) is 0 Å². The lowest BCUT2D eigenvalue weighted by atomic mass is 10.00. The summed E-state index contributed by atoms with van der Waals surface area (Å²) in [5.41, 5.74) is 0. The fourth-order valence-corrected chi connectivity index (χ4v) is 2.33. The summed E-state index contributed by atoms with van der Waals surface area (Å²) < 4.78 is 5.09. The van der Waals surface area contributed by atoms with E-state index in [0.717, 1.165) is 11.8 Å². The number of hydrogen-bond donors (Lipinski definition) is 2. The molecule has 5 heteroatoms. The van der Waals surface area contributed by atoms with E-state index in [9.17, 15) is 15.0 Å². The predicted molar refractivity (Wildman–Crippen MR) is 72.6 cm³/mol. The van der Waals surface area contributed by atoms with Gasteiger partial charge in [-0.3, -0.25) is 0 Å². The highest BCUT2D eigenvalue weighted by Gasteiger charge is 2.23. The van der Waals surface area contributed by atoms with Gasteiger partial charge in [0.1, 0.15) is 6.10 Å². The third-order valence-corrected chi connectivity index (χ3v) is 3.36. The molecule has 0 fully saturated rings. The van der Waals surface area contributed by atoms with E-state index in [4.69, 9.17) is 4.74 Å². The Hall–Kier alpha value is -0.520. The lowest BCUT2D eigenvalue weighted by molar-refractivity contribution is 0.0697. The number of ether oxygens (including phenoxy) is 1. The lowest BCUT2D eigenvalue weighted by Crippen LogP contribution is -2.25. The maximum atomic E-state index is 11.7. The van der Waals surface area contributed by atoms with Gasteiger partial charge in [0.15, 0.2) is 0 Å². The van der Waals surface area contributed by atoms with Crippen LogP contribution >= 0.6 is 11.8 Å². The lowest BCUT2D eigenvalue weighted by Gasteiger charge is -2.23. The fraction of sp³-hybridized carbons (Fsp3) is 0.769. The smallest absolute Gasteiger partial charge is 0.368 e. The van der Waals surface area contributed by atoms with Crippen LogP contribution in [0.25, 0.3) is 0 Å². The highest BCUT2D eigenvalue weighted by Crippen LogP contribution is 2.27. The molecule has 4 nitrogen and oxygen atoms in total. The number of carbonyl (C=O) groups is 1. The summed E-state index contributed by atoms with van der Waals surface area (Å²) in [4.78, 5) is 11.7. The van der Waals surface area contributed by atoms with Gasteiger partial charge in [-0.15, -0.1) is 0 Å². The molecule has 0 radical (unpaired) electrons. The number of rotatable bonds is 1. The predicted octanol–water partition coefficient (Wildman–Crippen LogP) is 2.49. The molecule has 0 amide bonds. The van der Waals surface area contributed by atoms with Gasteiger partial charge in [0.05, 0.1) is 12.2 Å². The van der Waals surface area contributed by atoms with Crippen LogP contribution in [0.2, 0.25) is 0 Å². The first-order valence-electron chi connectivity index (χ1n) is 6.20. The van der Waals surface area contributed by atoms with E-state index < -0.39 is 18.3 Å². The molecule has 0 saturated heterocycles. The Kier molecular flexibility index (Phi) is 5.69. The van der Waals surface area contributed by atoms with Gasteiger partial charge in [-0.25, -0.2) is 4.79 Å². The van der Waals surface area contributed by atoms with Crippen molar-refractivity contribution >= 4 is 17.1 Å². The normalized spacial score (nSPS) is 31.3. The van der Waals surface area contributed by atoms with Crippen molar-refractivity contribution in [3.8, 4) is 0 Å². The van der Waals surface area contributed by atoms with Crippen molar-refractivity contribution in [3.05, 3.63) is 12.2 Å². The molecule has 0 saturated carbocycles. The maximum absolute atomic E-state index is 11.7. The van der Waals surface area contributed by atoms with E-state index in [2.05, 4.69) is 0 Å². The largest absolute Gasteiger partial charge is 0.450 e. The topological polar surface area (TPSA) is 66.8 Å². The van der Waals surface area contributed by atoms with Crippen LogP contribution in [0.1, 0.15) is 40.0 Å². The minimum atomic E-state index is -0.573. The van der Waals surface area contributed by atoms with Crippen LogP contribution < -0.4 is 0 Å². The summed E-state index contributed by atoms with van der Waals surface area (Å²) in [5, 5.41) is 18.9. The summed E-state index contributed by atoms with van der Waals surface area (Å²) in [6.45, 7) is 5.81. The van der Waals surface area contributed by atoms with Crippen molar-refractivity contribution in [1.29, 1.82) is 0 Å². The molecule has 3 atom stereocenters. The zero-order valence-corrected chi connectivity index (χ0v) is 11.9. The number of thioether (sulfide) groups is 1. The first kappa shape index (κ1) is 15.5. The second kappa shape index (κ2) is 6.59. The Morgan fingerprint density at radius 1 is 1.28 bits per heavy atom. The minimum Gasteiger partial charge on any atom is -0.450 e. The fourth-order valence-electron chi connectivity index (χ4n) is 1.66. The number of carbonyl (C=O) groups excluding carboxylic acids is 1. The molecule has 1 aliphatic rings. The molecule has 0 bridgehead atoms. The quantitative estimate of drug-likeness (QED) is 0.568. The Balaban J connectivity index is 2.55. The molecule has 0 aliphatic heterocycles. The van der Waals surface area contributed by atoms with Crippen molar-refractivity contribution in [2.45, 2.75) is 63.1 Å². The highest BCUT2D eigenvalue weighted by atomic mass is 32.2. The minimum absolute atomic E-state index is 0.194. The molecule has 0 aromatic rings. The van der Waals surface area contributed by atoms with Crippen LogP contribution in [0.3, 0.4) is 0 Å². The van der Waals surface area contributed by atoms with Crippen molar-refractivity contribution in [2.24, 2.45) is 0 Å². The van der Waals surface area contributed by atoms with Crippen LogP contribution in [0.15, 0.2) is 12.2 Å². The number of aliphatic hydroxyl groups is 2. The molecular weight excluding hydrogens is 252 g/mol. The zero-order valence-electron chi connectivity index (χ0n) is 11.1. The van der Waals surface area contributed by atoms with Crippen LogP contribution in [0, 0.1) is 0 Å². The van der Waals surface area contributed by atoms with Crippen LogP contribution in [0.5, 0.6) is 0 Å². The first-order valence-corrected chi connectivity index (χ1v) is 7.02. The Labute approximate surface area is 112 Å². The van der Waals surface area contributed by atoms with Gasteiger partial charge in [-0.2, -0.15) is 0 Å². The van der Waals surface area contributed by atoms with E-state index in [1.807, 2.05) is 20.8 Å². The molecule has 3 unspecified atom stereocenters. The van der Waals surface area contributed by atoms with Crippen molar-refractivity contribution in [2.75, 3.05) is 0 Å². The van der Waals surface area contributed by atoms with Crippen molar-refractivity contribution < 1.29 is 19.7 Å². The van der Waals surface area contributed by atoms with Gasteiger partial charge in [-0.1, -0.05) is 26.8 Å². The van der Waals surface area contributed by atoms with E-state index in [1.54, 1.807) is 12.2 Å². The Morgan fingerprint density at radius 2 is 1.94 bits per heavy atom. The molecule has 1 aliphatic carbocycles. The highest BCUT2D eigenvalue weighted by molar-refractivity contribution is 8.14. The average molecular weight is 274 g/mol. The number of aliphatic hydroxyl groups excluding tert-OH is 2. The zero-order chi connectivity index (χ0) is 13.8. The van der Waals surface area contributed by atoms with E-state index >= 15 is 0 Å².